The van der Waals surface area contributed by atoms with Crippen molar-refractivity contribution in [3.63, 3.8) is 0 Å². The number of fused-ring (bicyclic) bond motifs is 1. The number of esters is 1. The van der Waals surface area contributed by atoms with Gasteiger partial charge in [0.1, 0.15) is 5.56 Å². The molecule has 4 heteroatoms. The van der Waals surface area contributed by atoms with Gasteiger partial charge in [0.15, 0.2) is 11.5 Å². The molecule has 0 amide bonds. The molecule has 108 valence electrons. The highest BCUT2D eigenvalue weighted by Crippen LogP contribution is 2.45. The second-order valence-electron chi connectivity index (χ2n) is 4.96. The van der Waals surface area contributed by atoms with E-state index < -0.39 is 5.97 Å². The first-order valence-corrected chi connectivity index (χ1v) is 6.71. The van der Waals surface area contributed by atoms with E-state index in [1.165, 1.54) is 18.2 Å². The van der Waals surface area contributed by atoms with Crippen molar-refractivity contribution in [1.82, 2.24) is 0 Å². The summed E-state index contributed by atoms with van der Waals surface area (Å²) in [6.45, 7) is 4.25. The Kier molecular flexibility index (Phi) is 3.29. The van der Waals surface area contributed by atoms with E-state index >= 15 is 0 Å². The van der Waals surface area contributed by atoms with Gasteiger partial charge >= 0.3 is 5.97 Å². The molecule has 0 atom stereocenters. The quantitative estimate of drug-likeness (QED) is 0.792. The number of ether oxygens (including phenoxy) is 3. The van der Waals surface area contributed by atoms with Crippen LogP contribution in [-0.2, 0) is 4.74 Å². The SMILES string of the molecule is COC(=O)c1ccc(-c2cccc(C)c2C)c2c1OCO2. The van der Waals surface area contributed by atoms with Crippen LogP contribution in [0.4, 0.5) is 0 Å². The molecule has 0 spiro atoms. The Labute approximate surface area is 123 Å². The van der Waals surface area contributed by atoms with Crippen molar-refractivity contribution >= 4 is 5.97 Å². The summed E-state index contributed by atoms with van der Waals surface area (Å²) in [6.07, 6.45) is 0. The van der Waals surface area contributed by atoms with Crippen LogP contribution in [0.1, 0.15) is 21.5 Å². The fourth-order valence-electron chi connectivity index (χ4n) is 2.52. The fourth-order valence-corrected chi connectivity index (χ4v) is 2.52. The standard InChI is InChI=1S/C17H16O4/c1-10-5-4-6-12(11(10)2)13-7-8-14(17(18)19-3)16-15(13)20-9-21-16/h4-8H,9H2,1-3H3. The minimum absolute atomic E-state index is 0.112. The first kappa shape index (κ1) is 13.5. The lowest BCUT2D eigenvalue weighted by Crippen LogP contribution is -2.03. The molecule has 0 aromatic heterocycles. The first-order valence-electron chi connectivity index (χ1n) is 6.71. The second-order valence-corrected chi connectivity index (χ2v) is 4.96. The van der Waals surface area contributed by atoms with Crippen LogP contribution >= 0.6 is 0 Å². The van der Waals surface area contributed by atoms with Crippen molar-refractivity contribution in [2.75, 3.05) is 13.9 Å². The van der Waals surface area contributed by atoms with E-state index in [1.807, 2.05) is 18.2 Å². The molecule has 1 heterocycles. The highest BCUT2D eigenvalue weighted by Gasteiger charge is 2.26. The predicted molar refractivity (Wildman–Crippen MR) is 78.8 cm³/mol. The third-order valence-electron chi connectivity index (χ3n) is 3.82. The van der Waals surface area contributed by atoms with Gasteiger partial charge in [-0.1, -0.05) is 18.2 Å². The average molecular weight is 284 g/mol. The topological polar surface area (TPSA) is 44.8 Å². The first-order chi connectivity index (χ1) is 10.1. The smallest absolute Gasteiger partial charge is 0.341 e. The van der Waals surface area contributed by atoms with Gasteiger partial charge in [0.2, 0.25) is 6.79 Å². The number of benzene rings is 2. The molecule has 0 N–H and O–H groups in total. The number of carbonyl (C=O) groups excluding carboxylic acids is 1. The molecule has 0 radical (unpaired) electrons. The molecule has 3 rings (SSSR count). The minimum Gasteiger partial charge on any atom is -0.465 e. The normalized spacial score (nSPS) is 12.3. The molecule has 0 saturated heterocycles. The number of hydrogen-bond acceptors (Lipinski definition) is 4. The van der Waals surface area contributed by atoms with Crippen LogP contribution in [0.5, 0.6) is 11.5 Å². The van der Waals surface area contributed by atoms with Crippen LogP contribution in [0, 0.1) is 13.8 Å². The molecule has 21 heavy (non-hydrogen) atoms. The zero-order valence-corrected chi connectivity index (χ0v) is 12.2. The summed E-state index contributed by atoms with van der Waals surface area (Å²) in [5.41, 5.74) is 4.78. The Balaban J connectivity index is 2.20. The van der Waals surface area contributed by atoms with Gasteiger partial charge < -0.3 is 14.2 Å². The molecule has 0 aliphatic carbocycles. The molecule has 0 bridgehead atoms. The Morgan fingerprint density at radius 3 is 2.57 bits per heavy atom. The number of carbonyl (C=O) groups is 1. The molecule has 1 aliphatic rings. The number of methoxy groups -OCH3 is 1. The zero-order chi connectivity index (χ0) is 15.0. The highest BCUT2D eigenvalue weighted by molar-refractivity contribution is 5.96. The summed E-state index contributed by atoms with van der Waals surface area (Å²) >= 11 is 0. The van der Waals surface area contributed by atoms with Crippen LogP contribution in [0.25, 0.3) is 11.1 Å². The maximum absolute atomic E-state index is 11.8. The lowest BCUT2D eigenvalue weighted by molar-refractivity contribution is 0.0596. The molecule has 2 aromatic rings. The molecule has 2 aromatic carbocycles. The van der Waals surface area contributed by atoms with E-state index in [4.69, 9.17) is 14.2 Å². The van der Waals surface area contributed by atoms with E-state index in [1.54, 1.807) is 6.07 Å². The van der Waals surface area contributed by atoms with Gasteiger partial charge in [0, 0.05) is 5.56 Å². The van der Waals surface area contributed by atoms with Crippen molar-refractivity contribution in [2.24, 2.45) is 0 Å². The van der Waals surface area contributed by atoms with E-state index in [0.29, 0.717) is 17.1 Å². The third-order valence-corrected chi connectivity index (χ3v) is 3.82. The number of rotatable bonds is 2. The summed E-state index contributed by atoms with van der Waals surface area (Å²) in [4.78, 5) is 11.8. The highest BCUT2D eigenvalue weighted by atomic mass is 16.7. The average Bonchev–Trinajstić information content (AvgIpc) is 2.98. The number of aryl methyl sites for hydroxylation is 1. The molecule has 0 fully saturated rings. The molecular weight excluding hydrogens is 268 g/mol. The van der Waals surface area contributed by atoms with Crippen molar-refractivity contribution in [3.8, 4) is 22.6 Å². The van der Waals surface area contributed by atoms with Crippen LogP contribution in [0.3, 0.4) is 0 Å². The summed E-state index contributed by atoms with van der Waals surface area (Å²) in [7, 11) is 1.35. The maximum Gasteiger partial charge on any atom is 0.341 e. The summed E-state index contributed by atoms with van der Waals surface area (Å²) < 4.78 is 15.8. The molecule has 4 nitrogen and oxygen atoms in total. The van der Waals surface area contributed by atoms with Crippen LogP contribution in [0.2, 0.25) is 0 Å². The van der Waals surface area contributed by atoms with Gasteiger partial charge in [0.25, 0.3) is 0 Å². The van der Waals surface area contributed by atoms with Crippen molar-refractivity contribution < 1.29 is 19.0 Å². The minimum atomic E-state index is -0.427. The Bertz CT molecular complexity index is 719. The third kappa shape index (κ3) is 2.13. The van der Waals surface area contributed by atoms with E-state index in [9.17, 15) is 4.79 Å². The molecular formula is C17H16O4. The van der Waals surface area contributed by atoms with Gasteiger partial charge in [0.05, 0.1) is 7.11 Å². The Morgan fingerprint density at radius 1 is 1.05 bits per heavy atom. The zero-order valence-electron chi connectivity index (χ0n) is 12.2. The van der Waals surface area contributed by atoms with Crippen molar-refractivity contribution in [2.45, 2.75) is 13.8 Å². The molecule has 0 unspecified atom stereocenters. The van der Waals surface area contributed by atoms with E-state index in [2.05, 4.69) is 19.9 Å². The summed E-state index contributed by atoms with van der Waals surface area (Å²) in [5, 5.41) is 0. The maximum atomic E-state index is 11.8. The molecule has 1 aliphatic heterocycles. The van der Waals surface area contributed by atoms with Crippen molar-refractivity contribution in [1.29, 1.82) is 0 Å². The number of hydrogen-bond donors (Lipinski definition) is 0. The monoisotopic (exact) mass is 284 g/mol. The van der Waals surface area contributed by atoms with Crippen LogP contribution in [-0.4, -0.2) is 19.9 Å². The van der Waals surface area contributed by atoms with Crippen LogP contribution < -0.4 is 9.47 Å². The summed E-state index contributed by atoms with van der Waals surface area (Å²) in [5.74, 6) is 0.635. The Hall–Kier alpha value is -2.49. The lowest BCUT2D eigenvalue weighted by Gasteiger charge is -2.12. The van der Waals surface area contributed by atoms with Crippen molar-refractivity contribution in [3.05, 3.63) is 47.0 Å². The second kappa shape index (κ2) is 5.13. The van der Waals surface area contributed by atoms with Gasteiger partial charge in [-0.25, -0.2) is 4.79 Å². The largest absolute Gasteiger partial charge is 0.465 e. The van der Waals surface area contributed by atoms with E-state index in [0.717, 1.165) is 11.1 Å². The van der Waals surface area contributed by atoms with Gasteiger partial charge in [-0.15, -0.1) is 0 Å². The van der Waals surface area contributed by atoms with Gasteiger partial charge in [-0.2, -0.15) is 0 Å². The van der Waals surface area contributed by atoms with Gasteiger partial charge in [-0.05, 0) is 42.7 Å². The predicted octanol–water partition coefficient (Wildman–Crippen LogP) is 3.49. The Morgan fingerprint density at radius 2 is 1.81 bits per heavy atom. The van der Waals surface area contributed by atoms with Gasteiger partial charge in [-0.3, -0.25) is 0 Å². The molecule has 0 saturated carbocycles. The lowest BCUT2D eigenvalue weighted by atomic mass is 9.95. The summed E-state index contributed by atoms with van der Waals surface area (Å²) in [6, 6.07) is 9.71. The fraction of sp³-hybridized carbons (Fsp3) is 0.235. The van der Waals surface area contributed by atoms with E-state index in [-0.39, 0.29) is 6.79 Å². The van der Waals surface area contributed by atoms with Crippen LogP contribution in [0.15, 0.2) is 30.3 Å².